The van der Waals surface area contributed by atoms with E-state index in [-0.39, 0.29) is 0 Å². The molecule has 19 heavy (non-hydrogen) atoms. The van der Waals surface area contributed by atoms with Crippen molar-refractivity contribution in [2.75, 3.05) is 44.9 Å². The third-order valence-corrected chi connectivity index (χ3v) is 4.00. The highest BCUT2D eigenvalue weighted by molar-refractivity contribution is 5.57. The zero-order valence-electron chi connectivity index (χ0n) is 11.3. The number of fused-ring (bicyclic) bond motifs is 1. The molecule has 2 N–H and O–H groups in total. The Morgan fingerprint density at radius 1 is 1.26 bits per heavy atom. The van der Waals surface area contributed by atoms with Crippen LogP contribution in [0.1, 0.15) is 6.42 Å². The fourth-order valence-corrected chi connectivity index (χ4v) is 2.77. The summed E-state index contributed by atoms with van der Waals surface area (Å²) < 4.78 is 10.8. The summed E-state index contributed by atoms with van der Waals surface area (Å²) in [6.45, 7) is 4.20. The molecule has 1 unspecified atom stereocenters. The number of ether oxygens (including phenoxy) is 2. The molecule has 1 atom stereocenters. The first kappa shape index (κ1) is 12.6. The fraction of sp³-hybridized carbons (Fsp3) is 0.571. The molecule has 5 heteroatoms. The van der Waals surface area contributed by atoms with Gasteiger partial charge < -0.3 is 20.1 Å². The summed E-state index contributed by atoms with van der Waals surface area (Å²) in [7, 11) is 2.18. The largest absolute Gasteiger partial charge is 0.454 e. The minimum Gasteiger partial charge on any atom is -0.454 e. The van der Waals surface area contributed by atoms with Crippen LogP contribution in [-0.2, 0) is 0 Å². The van der Waals surface area contributed by atoms with Crippen molar-refractivity contribution in [2.24, 2.45) is 5.73 Å². The van der Waals surface area contributed by atoms with Gasteiger partial charge in [0.05, 0.1) is 0 Å². The Bertz CT molecular complexity index is 452. The predicted molar refractivity (Wildman–Crippen MR) is 74.9 cm³/mol. The SMILES string of the molecule is CN1CCN(c2ccc3c(c2)OCO3)CC1CCN. The molecule has 1 aromatic carbocycles. The van der Waals surface area contributed by atoms with Crippen molar-refractivity contribution in [3.8, 4) is 11.5 Å². The minimum absolute atomic E-state index is 0.331. The van der Waals surface area contributed by atoms with Crippen molar-refractivity contribution in [1.29, 1.82) is 0 Å². The molecule has 0 spiro atoms. The van der Waals surface area contributed by atoms with Gasteiger partial charge >= 0.3 is 0 Å². The highest BCUT2D eigenvalue weighted by Crippen LogP contribution is 2.36. The van der Waals surface area contributed by atoms with Gasteiger partial charge in [0.1, 0.15) is 0 Å². The Morgan fingerprint density at radius 3 is 2.95 bits per heavy atom. The molecule has 104 valence electrons. The smallest absolute Gasteiger partial charge is 0.231 e. The second-order valence-corrected chi connectivity index (χ2v) is 5.20. The molecule has 2 aliphatic heterocycles. The average molecular weight is 263 g/mol. The van der Waals surface area contributed by atoms with Crippen LogP contribution in [-0.4, -0.2) is 51.0 Å². The molecule has 5 nitrogen and oxygen atoms in total. The van der Waals surface area contributed by atoms with E-state index in [2.05, 4.69) is 29.0 Å². The molecule has 0 amide bonds. The lowest BCUT2D eigenvalue weighted by molar-refractivity contribution is 0.174. The van der Waals surface area contributed by atoms with E-state index in [0.717, 1.165) is 44.1 Å². The van der Waals surface area contributed by atoms with Crippen LogP contribution in [0.15, 0.2) is 18.2 Å². The summed E-state index contributed by atoms with van der Waals surface area (Å²) in [4.78, 5) is 4.80. The minimum atomic E-state index is 0.331. The van der Waals surface area contributed by atoms with Gasteiger partial charge in [-0.25, -0.2) is 0 Å². The summed E-state index contributed by atoms with van der Waals surface area (Å²) in [6, 6.07) is 6.71. The third-order valence-electron chi connectivity index (χ3n) is 4.00. The van der Waals surface area contributed by atoms with Crippen LogP contribution in [0.25, 0.3) is 0 Å². The molecule has 1 aromatic rings. The van der Waals surface area contributed by atoms with E-state index in [0.29, 0.717) is 12.8 Å². The van der Waals surface area contributed by atoms with Crippen molar-refractivity contribution in [3.05, 3.63) is 18.2 Å². The highest BCUT2D eigenvalue weighted by atomic mass is 16.7. The maximum atomic E-state index is 5.70. The van der Waals surface area contributed by atoms with Crippen molar-refractivity contribution in [3.63, 3.8) is 0 Å². The molecular formula is C14H21N3O2. The second-order valence-electron chi connectivity index (χ2n) is 5.20. The van der Waals surface area contributed by atoms with Crippen LogP contribution in [0, 0.1) is 0 Å². The van der Waals surface area contributed by atoms with Crippen molar-refractivity contribution >= 4 is 5.69 Å². The van der Waals surface area contributed by atoms with Gasteiger partial charge in [-0.15, -0.1) is 0 Å². The standard InChI is InChI=1S/C14H21N3O2/c1-16-6-7-17(9-12(16)4-5-15)11-2-3-13-14(8-11)19-10-18-13/h2-3,8,12H,4-7,9-10,15H2,1H3. The quantitative estimate of drug-likeness (QED) is 0.877. The number of likely N-dealkylation sites (N-methyl/N-ethyl adjacent to an activating group) is 1. The summed E-state index contributed by atoms with van der Waals surface area (Å²) in [5, 5.41) is 0. The Kier molecular flexibility index (Phi) is 3.48. The Hall–Kier alpha value is -1.46. The number of nitrogens with two attached hydrogens (primary N) is 1. The molecule has 0 bridgehead atoms. The molecule has 3 rings (SSSR count). The van der Waals surface area contributed by atoms with Crippen LogP contribution >= 0.6 is 0 Å². The van der Waals surface area contributed by atoms with E-state index >= 15 is 0 Å². The van der Waals surface area contributed by atoms with Crippen LogP contribution in [0.4, 0.5) is 5.69 Å². The lowest BCUT2D eigenvalue weighted by Crippen LogP contribution is -2.52. The monoisotopic (exact) mass is 263 g/mol. The van der Waals surface area contributed by atoms with E-state index in [1.807, 2.05) is 6.07 Å². The van der Waals surface area contributed by atoms with E-state index in [4.69, 9.17) is 15.2 Å². The summed E-state index contributed by atoms with van der Waals surface area (Å²) in [5.74, 6) is 1.70. The van der Waals surface area contributed by atoms with Crippen molar-refractivity contribution in [2.45, 2.75) is 12.5 Å². The molecule has 0 saturated carbocycles. The maximum Gasteiger partial charge on any atom is 0.231 e. The van der Waals surface area contributed by atoms with Crippen molar-refractivity contribution < 1.29 is 9.47 Å². The number of piperazine rings is 1. The molecule has 1 saturated heterocycles. The number of anilines is 1. The van der Waals surface area contributed by atoms with E-state index < -0.39 is 0 Å². The number of rotatable bonds is 3. The second kappa shape index (κ2) is 5.27. The van der Waals surface area contributed by atoms with Gasteiger partial charge in [-0.2, -0.15) is 0 Å². The van der Waals surface area contributed by atoms with Gasteiger partial charge in [-0.3, -0.25) is 4.90 Å². The van der Waals surface area contributed by atoms with Gasteiger partial charge in [0.25, 0.3) is 0 Å². The van der Waals surface area contributed by atoms with Gasteiger partial charge in [0, 0.05) is 37.4 Å². The van der Waals surface area contributed by atoms with Crippen LogP contribution < -0.4 is 20.1 Å². The van der Waals surface area contributed by atoms with Crippen molar-refractivity contribution in [1.82, 2.24) is 4.90 Å². The summed E-state index contributed by atoms with van der Waals surface area (Å²) in [6.07, 6.45) is 1.04. The molecule has 0 aliphatic carbocycles. The van der Waals surface area contributed by atoms with Gasteiger partial charge in [-0.1, -0.05) is 0 Å². The first-order valence-corrected chi connectivity index (χ1v) is 6.83. The zero-order valence-corrected chi connectivity index (χ0v) is 11.3. The van der Waals surface area contributed by atoms with E-state index in [1.54, 1.807) is 0 Å². The zero-order chi connectivity index (χ0) is 13.2. The van der Waals surface area contributed by atoms with Gasteiger partial charge in [0.2, 0.25) is 6.79 Å². The molecule has 0 aromatic heterocycles. The number of benzene rings is 1. The van der Waals surface area contributed by atoms with Crippen LogP contribution in [0.5, 0.6) is 11.5 Å². The van der Waals surface area contributed by atoms with Gasteiger partial charge in [0.15, 0.2) is 11.5 Å². The molecular weight excluding hydrogens is 242 g/mol. The molecule has 1 fully saturated rings. The van der Waals surface area contributed by atoms with E-state index in [1.165, 1.54) is 5.69 Å². The Labute approximate surface area is 113 Å². The summed E-state index contributed by atoms with van der Waals surface area (Å²) in [5.41, 5.74) is 6.91. The first-order chi connectivity index (χ1) is 9.28. The average Bonchev–Trinajstić information content (AvgIpc) is 2.89. The number of hydrogen-bond acceptors (Lipinski definition) is 5. The number of nitrogens with zero attached hydrogens (tertiary/aromatic N) is 2. The van der Waals surface area contributed by atoms with E-state index in [9.17, 15) is 0 Å². The fourth-order valence-electron chi connectivity index (χ4n) is 2.77. The number of hydrogen-bond donors (Lipinski definition) is 1. The molecule has 2 heterocycles. The van der Waals surface area contributed by atoms with Gasteiger partial charge in [-0.05, 0) is 32.1 Å². The molecule has 2 aliphatic rings. The lowest BCUT2D eigenvalue weighted by atomic mass is 10.1. The Balaban J connectivity index is 1.75. The lowest BCUT2D eigenvalue weighted by Gasteiger charge is -2.40. The maximum absolute atomic E-state index is 5.70. The topological polar surface area (TPSA) is 51.0 Å². The highest BCUT2D eigenvalue weighted by Gasteiger charge is 2.25. The Morgan fingerprint density at radius 2 is 2.11 bits per heavy atom. The normalized spacial score (nSPS) is 22.8. The van der Waals surface area contributed by atoms with Crippen LogP contribution in [0.2, 0.25) is 0 Å². The first-order valence-electron chi connectivity index (χ1n) is 6.83. The molecule has 0 radical (unpaired) electrons. The predicted octanol–water partition coefficient (Wildman–Crippen LogP) is 0.884. The van der Waals surface area contributed by atoms with Crippen LogP contribution in [0.3, 0.4) is 0 Å². The third kappa shape index (κ3) is 2.48. The summed E-state index contributed by atoms with van der Waals surface area (Å²) >= 11 is 0.